The molecule has 0 bridgehead atoms. The SMILES string of the molecule is CN(CCC(=O)O)C(=O)CCCNC(=O)OCC1c2ccccc2-c2ccccc21. The van der Waals surface area contributed by atoms with Crippen LogP contribution < -0.4 is 5.32 Å². The second kappa shape index (κ2) is 9.91. The van der Waals surface area contributed by atoms with Crippen molar-refractivity contribution < 1.29 is 24.2 Å². The van der Waals surface area contributed by atoms with Gasteiger partial charge in [0.2, 0.25) is 5.91 Å². The summed E-state index contributed by atoms with van der Waals surface area (Å²) in [5.74, 6) is -1.08. The lowest BCUT2D eigenvalue weighted by molar-refractivity contribution is -0.138. The van der Waals surface area contributed by atoms with Gasteiger partial charge in [0.15, 0.2) is 0 Å². The molecule has 0 aromatic heterocycles. The number of carboxylic acid groups (broad SMARTS) is 1. The van der Waals surface area contributed by atoms with Crippen LogP contribution in [0.5, 0.6) is 0 Å². The fourth-order valence-corrected chi connectivity index (χ4v) is 3.66. The van der Waals surface area contributed by atoms with Gasteiger partial charge in [-0.2, -0.15) is 0 Å². The molecule has 158 valence electrons. The van der Waals surface area contributed by atoms with Gasteiger partial charge in [0, 0.05) is 32.5 Å². The lowest BCUT2D eigenvalue weighted by Gasteiger charge is -2.16. The van der Waals surface area contributed by atoms with E-state index in [4.69, 9.17) is 9.84 Å². The number of amides is 2. The van der Waals surface area contributed by atoms with Gasteiger partial charge in [0.1, 0.15) is 6.61 Å². The lowest BCUT2D eigenvalue weighted by Crippen LogP contribution is -2.31. The summed E-state index contributed by atoms with van der Waals surface area (Å²) in [6.07, 6.45) is 0.101. The molecule has 0 atom stereocenters. The number of fused-ring (bicyclic) bond motifs is 3. The third-order valence-corrected chi connectivity index (χ3v) is 5.27. The van der Waals surface area contributed by atoms with Crippen LogP contribution in [0.3, 0.4) is 0 Å². The average molecular weight is 410 g/mol. The summed E-state index contributed by atoms with van der Waals surface area (Å²) in [6, 6.07) is 16.3. The Labute approximate surface area is 175 Å². The fourth-order valence-electron chi connectivity index (χ4n) is 3.66. The van der Waals surface area contributed by atoms with Crippen molar-refractivity contribution in [3.8, 4) is 11.1 Å². The predicted molar refractivity (Wildman–Crippen MR) is 112 cm³/mol. The molecular weight excluding hydrogens is 384 g/mol. The van der Waals surface area contributed by atoms with Crippen molar-refractivity contribution in [2.75, 3.05) is 26.7 Å². The van der Waals surface area contributed by atoms with E-state index in [2.05, 4.69) is 29.6 Å². The third-order valence-electron chi connectivity index (χ3n) is 5.27. The Balaban J connectivity index is 1.42. The molecule has 0 unspecified atom stereocenters. The first-order valence-electron chi connectivity index (χ1n) is 10.0. The highest BCUT2D eigenvalue weighted by Gasteiger charge is 2.28. The zero-order chi connectivity index (χ0) is 21.5. The molecule has 0 saturated carbocycles. The Hall–Kier alpha value is -3.35. The highest BCUT2D eigenvalue weighted by atomic mass is 16.5. The van der Waals surface area contributed by atoms with Crippen molar-refractivity contribution in [1.29, 1.82) is 0 Å². The van der Waals surface area contributed by atoms with Crippen molar-refractivity contribution in [3.05, 3.63) is 59.7 Å². The Bertz CT molecular complexity index is 882. The summed E-state index contributed by atoms with van der Waals surface area (Å²) in [7, 11) is 1.57. The molecule has 2 aromatic rings. The Kier molecular flexibility index (Phi) is 7.06. The Morgan fingerprint density at radius 3 is 2.20 bits per heavy atom. The molecule has 7 heteroatoms. The van der Waals surface area contributed by atoms with E-state index in [-0.39, 0.29) is 37.8 Å². The summed E-state index contributed by atoms with van der Waals surface area (Å²) in [6.45, 7) is 0.736. The number of nitrogens with one attached hydrogen (secondary N) is 1. The van der Waals surface area contributed by atoms with E-state index >= 15 is 0 Å². The molecule has 2 N–H and O–H groups in total. The van der Waals surface area contributed by atoms with Crippen molar-refractivity contribution in [2.24, 2.45) is 0 Å². The van der Waals surface area contributed by atoms with Gasteiger partial charge in [0.25, 0.3) is 0 Å². The first kappa shape index (κ1) is 21.4. The van der Waals surface area contributed by atoms with E-state index in [1.807, 2.05) is 24.3 Å². The smallest absolute Gasteiger partial charge is 0.407 e. The van der Waals surface area contributed by atoms with Gasteiger partial charge >= 0.3 is 12.1 Å². The maximum atomic E-state index is 12.1. The maximum Gasteiger partial charge on any atom is 0.407 e. The summed E-state index contributed by atoms with van der Waals surface area (Å²) >= 11 is 0. The molecule has 1 aliphatic carbocycles. The molecule has 3 rings (SSSR count). The Morgan fingerprint density at radius 1 is 1.00 bits per heavy atom. The number of carboxylic acids is 1. The number of benzene rings is 2. The number of hydrogen-bond acceptors (Lipinski definition) is 4. The minimum absolute atomic E-state index is 0.00705. The predicted octanol–water partition coefficient (Wildman–Crippen LogP) is 3.24. The monoisotopic (exact) mass is 410 g/mol. The number of carbonyl (C=O) groups is 3. The van der Waals surface area contributed by atoms with Gasteiger partial charge in [0.05, 0.1) is 6.42 Å². The average Bonchev–Trinajstić information content (AvgIpc) is 3.07. The van der Waals surface area contributed by atoms with E-state index in [1.165, 1.54) is 16.0 Å². The van der Waals surface area contributed by atoms with Gasteiger partial charge in [-0.1, -0.05) is 48.5 Å². The van der Waals surface area contributed by atoms with E-state index in [0.717, 1.165) is 11.1 Å². The highest BCUT2D eigenvalue weighted by Crippen LogP contribution is 2.44. The zero-order valence-electron chi connectivity index (χ0n) is 17.0. The molecule has 2 aromatic carbocycles. The van der Waals surface area contributed by atoms with Crippen LogP contribution >= 0.6 is 0 Å². The van der Waals surface area contributed by atoms with Gasteiger partial charge in [-0.05, 0) is 28.7 Å². The maximum absolute atomic E-state index is 12.1. The van der Waals surface area contributed by atoms with Crippen LogP contribution in [0.15, 0.2) is 48.5 Å². The van der Waals surface area contributed by atoms with Crippen LogP contribution in [0.2, 0.25) is 0 Å². The van der Waals surface area contributed by atoms with Crippen molar-refractivity contribution in [3.63, 3.8) is 0 Å². The van der Waals surface area contributed by atoms with Crippen LogP contribution in [0.25, 0.3) is 11.1 Å². The highest BCUT2D eigenvalue weighted by molar-refractivity contribution is 5.79. The molecule has 0 aliphatic heterocycles. The van der Waals surface area contributed by atoms with Crippen LogP contribution in [-0.2, 0) is 14.3 Å². The van der Waals surface area contributed by atoms with E-state index < -0.39 is 12.1 Å². The van der Waals surface area contributed by atoms with Crippen molar-refractivity contribution in [2.45, 2.75) is 25.2 Å². The molecule has 1 aliphatic rings. The summed E-state index contributed by atoms with van der Waals surface area (Å²) in [5, 5.41) is 11.3. The van der Waals surface area contributed by atoms with Gasteiger partial charge in [-0.25, -0.2) is 4.79 Å². The normalized spacial score (nSPS) is 12.0. The second-order valence-corrected chi connectivity index (χ2v) is 7.31. The fraction of sp³-hybridized carbons (Fsp3) is 0.348. The topological polar surface area (TPSA) is 95.9 Å². The number of ether oxygens (including phenoxy) is 1. The van der Waals surface area contributed by atoms with Crippen LogP contribution in [0.1, 0.15) is 36.3 Å². The first-order valence-corrected chi connectivity index (χ1v) is 10.0. The molecule has 7 nitrogen and oxygen atoms in total. The number of carbonyl (C=O) groups excluding carboxylic acids is 2. The molecule has 0 heterocycles. The molecule has 2 amide bonds. The van der Waals surface area contributed by atoms with Crippen molar-refractivity contribution in [1.82, 2.24) is 10.2 Å². The van der Waals surface area contributed by atoms with Crippen LogP contribution in [0.4, 0.5) is 4.79 Å². The number of nitrogens with zero attached hydrogens (tertiary/aromatic N) is 1. The summed E-state index contributed by atoms with van der Waals surface area (Å²) in [4.78, 5) is 36.0. The van der Waals surface area contributed by atoms with Crippen molar-refractivity contribution >= 4 is 18.0 Å². The summed E-state index contributed by atoms with van der Waals surface area (Å²) in [5.41, 5.74) is 4.66. The largest absolute Gasteiger partial charge is 0.481 e. The number of rotatable bonds is 9. The molecule has 0 saturated heterocycles. The quantitative estimate of drug-likeness (QED) is 0.619. The lowest BCUT2D eigenvalue weighted by atomic mass is 9.98. The molecule has 0 radical (unpaired) electrons. The number of alkyl carbamates (subject to hydrolysis) is 1. The standard InChI is InChI=1S/C23H26N2O5/c1-25(14-12-22(27)28)21(26)11-6-13-24-23(29)30-15-20-18-9-4-2-7-16(18)17-8-3-5-10-19(17)20/h2-5,7-10,20H,6,11-15H2,1H3,(H,24,29)(H,27,28). The molecule has 30 heavy (non-hydrogen) atoms. The van der Waals surface area contributed by atoms with Gasteiger partial charge < -0.3 is 20.1 Å². The zero-order valence-corrected chi connectivity index (χ0v) is 17.0. The number of aliphatic carboxylic acids is 1. The minimum atomic E-state index is -0.938. The minimum Gasteiger partial charge on any atom is -0.481 e. The third kappa shape index (κ3) is 5.17. The summed E-state index contributed by atoms with van der Waals surface area (Å²) < 4.78 is 5.45. The van der Waals surface area contributed by atoms with E-state index in [1.54, 1.807) is 7.05 Å². The molecule has 0 spiro atoms. The molecule has 0 fully saturated rings. The van der Waals surface area contributed by atoms with Gasteiger partial charge in [-0.15, -0.1) is 0 Å². The van der Waals surface area contributed by atoms with Crippen LogP contribution in [-0.4, -0.2) is 54.7 Å². The van der Waals surface area contributed by atoms with Gasteiger partial charge in [-0.3, -0.25) is 9.59 Å². The van der Waals surface area contributed by atoms with E-state index in [9.17, 15) is 14.4 Å². The Morgan fingerprint density at radius 2 is 1.60 bits per heavy atom. The molecular formula is C23H26N2O5. The number of hydrogen-bond donors (Lipinski definition) is 2. The second-order valence-electron chi connectivity index (χ2n) is 7.31. The van der Waals surface area contributed by atoms with E-state index in [0.29, 0.717) is 13.0 Å². The first-order chi connectivity index (χ1) is 14.5. The van der Waals surface area contributed by atoms with Crippen LogP contribution in [0, 0.1) is 0 Å².